The molecule has 0 heterocycles. The van der Waals surface area contributed by atoms with Crippen LogP contribution in [0.3, 0.4) is 0 Å². The number of anilines is 2. The number of nitrogens with two attached hydrogens (primary N) is 1. The summed E-state index contributed by atoms with van der Waals surface area (Å²) in [5.41, 5.74) is 7.16. The summed E-state index contributed by atoms with van der Waals surface area (Å²) in [5, 5.41) is 8.92. The number of nitrogen functional groups attached to an aromatic ring is 1. The zero-order valence-corrected chi connectivity index (χ0v) is 11.8. The highest BCUT2D eigenvalue weighted by Gasteiger charge is 2.13. The Morgan fingerprint density at radius 1 is 1.56 bits per heavy atom. The molecule has 0 spiro atoms. The lowest BCUT2D eigenvalue weighted by Crippen LogP contribution is -2.29. The highest BCUT2D eigenvalue weighted by atomic mass is 32.2. The van der Waals surface area contributed by atoms with Crippen LogP contribution in [0.4, 0.5) is 11.4 Å². The predicted octanol–water partition coefficient (Wildman–Crippen LogP) is 2.54. The molecule has 0 bridgehead atoms. The predicted molar refractivity (Wildman–Crippen MR) is 78.7 cm³/mol. The van der Waals surface area contributed by atoms with E-state index in [2.05, 4.69) is 18.1 Å². The second kappa shape index (κ2) is 6.54. The van der Waals surface area contributed by atoms with Gasteiger partial charge in [0.25, 0.3) is 0 Å². The fourth-order valence-corrected chi connectivity index (χ4v) is 2.28. The van der Waals surface area contributed by atoms with E-state index in [-0.39, 0.29) is 5.56 Å². The molecule has 0 saturated heterocycles. The Morgan fingerprint density at radius 3 is 2.72 bits per heavy atom. The van der Waals surface area contributed by atoms with Crippen molar-refractivity contribution < 1.29 is 9.90 Å². The molecule has 4 nitrogen and oxygen atoms in total. The second-order valence-electron chi connectivity index (χ2n) is 4.32. The number of carboxylic acids is 1. The molecule has 1 aromatic carbocycles. The SMILES string of the molecule is CSCCC(C)N(C)c1ccc(C(=O)O)c(N)c1. The minimum atomic E-state index is -0.989. The van der Waals surface area contributed by atoms with Crippen molar-refractivity contribution in [3.63, 3.8) is 0 Å². The minimum Gasteiger partial charge on any atom is -0.478 e. The summed E-state index contributed by atoms with van der Waals surface area (Å²) in [6.45, 7) is 2.15. The Kier molecular flexibility index (Phi) is 5.34. The zero-order valence-electron chi connectivity index (χ0n) is 11.0. The van der Waals surface area contributed by atoms with Gasteiger partial charge in [-0.05, 0) is 43.6 Å². The second-order valence-corrected chi connectivity index (χ2v) is 5.30. The van der Waals surface area contributed by atoms with E-state index in [1.54, 1.807) is 18.2 Å². The van der Waals surface area contributed by atoms with Gasteiger partial charge in [-0.3, -0.25) is 0 Å². The van der Waals surface area contributed by atoms with Gasteiger partial charge in [-0.15, -0.1) is 0 Å². The highest BCUT2D eigenvalue weighted by molar-refractivity contribution is 7.98. The summed E-state index contributed by atoms with van der Waals surface area (Å²) in [4.78, 5) is 13.0. The summed E-state index contributed by atoms with van der Waals surface area (Å²) in [7, 11) is 2.00. The summed E-state index contributed by atoms with van der Waals surface area (Å²) < 4.78 is 0. The molecule has 100 valence electrons. The van der Waals surface area contributed by atoms with Gasteiger partial charge in [0.2, 0.25) is 0 Å². The molecule has 0 saturated carbocycles. The number of nitrogens with zero attached hydrogens (tertiary/aromatic N) is 1. The molecular weight excluding hydrogens is 248 g/mol. The van der Waals surface area contributed by atoms with Crippen molar-refractivity contribution in [3.8, 4) is 0 Å². The molecule has 0 fully saturated rings. The number of aromatic carboxylic acids is 1. The smallest absolute Gasteiger partial charge is 0.337 e. The minimum absolute atomic E-state index is 0.156. The summed E-state index contributed by atoms with van der Waals surface area (Å²) in [6, 6.07) is 5.48. The lowest BCUT2D eigenvalue weighted by molar-refractivity contribution is 0.0698. The van der Waals surface area contributed by atoms with Gasteiger partial charge in [-0.2, -0.15) is 11.8 Å². The van der Waals surface area contributed by atoms with E-state index in [1.165, 1.54) is 0 Å². The van der Waals surface area contributed by atoms with Gasteiger partial charge in [0, 0.05) is 24.5 Å². The van der Waals surface area contributed by atoms with Crippen LogP contribution in [-0.4, -0.2) is 36.2 Å². The van der Waals surface area contributed by atoms with Crippen LogP contribution < -0.4 is 10.6 Å². The van der Waals surface area contributed by atoms with E-state index in [9.17, 15) is 4.79 Å². The first-order chi connectivity index (χ1) is 8.47. The average Bonchev–Trinajstić information content (AvgIpc) is 2.34. The van der Waals surface area contributed by atoms with Gasteiger partial charge in [0.1, 0.15) is 0 Å². The molecule has 0 aliphatic heterocycles. The Hall–Kier alpha value is -1.36. The van der Waals surface area contributed by atoms with Gasteiger partial charge < -0.3 is 15.7 Å². The van der Waals surface area contributed by atoms with Crippen LogP contribution in [0.2, 0.25) is 0 Å². The fraction of sp³-hybridized carbons (Fsp3) is 0.462. The van der Waals surface area contributed by atoms with E-state index >= 15 is 0 Å². The normalized spacial score (nSPS) is 12.2. The first-order valence-electron chi connectivity index (χ1n) is 5.82. The number of hydrogen-bond donors (Lipinski definition) is 2. The van der Waals surface area contributed by atoms with Gasteiger partial charge in [0.15, 0.2) is 0 Å². The van der Waals surface area contributed by atoms with Crippen LogP contribution in [0.25, 0.3) is 0 Å². The van der Waals surface area contributed by atoms with Gasteiger partial charge in [-0.1, -0.05) is 0 Å². The Bertz CT molecular complexity index is 423. The number of carbonyl (C=O) groups is 1. The van der Waals surface area contributed by atoms with Crippen molar-refractivity contribution >= 4 is 29.1 Å². The molecule has 5 heteroatoms. The van der Waals surface area contributed by atoms with Crippen LogP contribution in [0.15, 0.2) is 18.2 Å². The topological polar surface area (TPSA) is 66.6 Å². The Labute approximate surface area is 112 Å². The van der Waals surface area contributed by atoms with Crippen LogP contribution >= 0.6 is 11.8 Å². The highest BCUT2D eigenvalue weighted by Crippen LogP contribution is 2.23. The lowest BCUT2D eigenvalue weighted by Gasteiger charge is -2.27. The maximum Gasteiger partial charge on any atom is 0.337 e. The van der Waals surface area contributed by atoms with Gasteiger partial charge in [-0.25, -0.2) is 4.79 Å². The molecule has 0 aliphatic rings. The standard InChI is InChI=1S/C13H20N2O2S/c1-9(6-7-18-3)15(2)10-4-5-11(13(16)17)12(14)8-10/h4-5,8-9H,6-7,14H2,1-3H3,(H,16,17). The van der Waals surface area contributed by atoms with E-state index in [4.69, 9.17) is 10.8 Å². The molecule has 0 aliphatic carbocycles. The third kappa shape index (κ3) is 3.57. The first-order valence-corrected chi connectivity index (χ1v) is 7.21. The summed E-state index contributed by atoms with van der Waals surface area (Å²) in [5.74, 6) is 0.117. The summed E-state index contributed by atoms with van der Waals surface area (Å²) >= 11 is 1.82. The van der Waals surface area contributed by atoms with E-state index < -0.39 is 5.97 Å². The molecule has 0 amide bonds. The van der Waals surface area contributed by atoms with Crippen LogP contribution in [0.1, 0.15) is 23.7 Å². The largest absolute Gasteiger partial charge is 0.478 e. The monoisotopic (exact) mass is 268 g/mol. The molecular formula is C13H20N2O2S. The maximum atomic E-state index is 10.9. The molecule has 1 unspecified atom stereocenters. The van der Waals surface area contributed by atoms with Gasteiger partial charge >= 0.3 is 5.97 Å². The zero-order chi connectivity index (χ0) is 13.7. The van der Waals surface area contributed by atoms with Crippen LogP contribution in [0.5, 0.6) is 0 Å². The molecule has 0 aromatic heterocycles. The van der Waals surface area contributed by atoms with Crippen LogP contribution in [-0.2, 0) is 0 Å². The average molecular weight is 268 g/mol. The molecule has 0 radical (unpaired) electrons. The van der Waals surface area contributed by atoms with E-state index in [1.807, 2.05) is 18.8 Å². The number of thioether (sulfide) groups is 1. The Morgan fingerprint density at radius 2 is 2.22 bits per heavy atom. The summed E-state index contributed by atoms with van der Waals surface area (Å²) in [6.07, 6.45) is 3.17. The molecule has 3 N–H and O–H groups in total. The van der Waals surface area contributed by atoms with Crippen molar-refractivity contribution in [1.29, 1.82) is 0 Å². The van der Waals surface area contributed by atoms with Gasteiger partial charge in [0.05, 0.1) is 5.56 Å². The molecule has 1 atom stereocenters. The number of hydrogen-bond acceptors (Lipinski definition) is 4. The third-order valence-electron chi connectivity index (χ3n) is 3.07. The van der Waals surface area contributed by atoms with E-state index in [0.717, 1.165) is 17.9 Å². The number of benzene rings is 1. The van der Waals surface area contributed by atoms with Crippen molar-refractivity contribution in [2.45, 2.75) is 19.4 Å². The molecule has 1 aromatic rings. The molecule has 1 rings (SSSR count). The Balaban J connectivity index is 2.83. The van der Waals surface area contributed by atoms with Crippen molar-refractivity contribution in [2.75, 3.05) is 29.7 Å². The van der Waals surface area contributed by atoms with Crippen molar-refractivity contribution in [3.05, 3.63) is 23.8 Å². The lowest BCUT2D eigenvalue weighted by atomic mass is 10.1. The van der Waals surface area contributed by atoms with Crippen LogP contribution in [0, 0.1) is 0 Å². The third-order valence-corrected chi connectivity index (χ3v) is 3.72. The quantitative estimate of drug-likeness (QED) is 0.776. The molecule has 18 heavy (non-hydrogen) atoms. The number of carboxylic acid groups (broad SMARTS) is 1. The van der Waals surface area contributed by atoms with Crippen molar-refractivity contribution in [2.24, 2.45) is 0 Å². The number of rotatable bonds is 6. The first kappa shape index (κ1) is 14.7. The van der Waals surface area contributed by atoms with E-state index in [0.29, 0.717) is 11.7 Å². The van der Waals surface area contributed by atoms with Crippen molar-refractivity contribution in [1.82, 2.24) is 0 Å². The fourth-order valence-electron chi connectivity index (χ4n) is 1.70. The maximum absolute atomic E-state index is 10.9.